The van der Waals surface area contributed by atoms with E-state index in [0.717, 1.165) is 23.7 Å². The molecule has 9 heavy (non-hydrogen) atoms. The minimum Gasteiger partial charge on any atom is -0.0625 e. The summed E-state index contributed by atoms with van der Waals surface area (Å²) in [4.78, 5) is 0. The van der Waals surface area contributed by atoms with Gasteiger partial charge in [0.1, 0.15) is 0 Å². The maximum absolute atomic E-state index is 2.34. The third kappa shape index (κ3) is 1.47. The predicted molar refractivity (Wildman–Crippen MR) is 41.3 cm³/mol. The van der Waals surface area contributed by atoms with Gasteiger partial charge in [0, 0.05) is 0 Å². The molecule has 0 aliphatic heterocycles. The molecule has 0 aromatic rings. The van der Waals surface area contributed by atoms with E-state index in [0.29, 0.717) is 0 Å². The van der Waals surface area contributed by atoms with Gasteiger partial charge in [-0.15, -0.1) is 0 Å². The fourth-order valence-electron chi connectivity index (χ4n) is 1.77. The third-order valence-corrected chi connectivity index (χ3v) is 2.60. The molecule has 0 heterocycles. The Morgan fingerprint density at radius 2 is 1.22 bits per heavy atom. The van der Waals surface area contributed by atoms with Crippen LogP contribution in [0.15, 0.2) is 0 Å². The standard InChI is InChI=1S/C9H18/c1-6(2)8-5-9(8)7(3)4/h6-9H,5H2,1-4H3/t8-,9+. The highest BCUT2D eigenvalue weighted by Gasteiger charge is 2.40. The van der Waals surface area contributed by atoms with Crippen molar-refractivity contribution in [3.05, 3.63) is 0 Å². The van der Waals surface area contributed by atoms with Crippen LogP contribution in [0.1, 0.15) is 34.1 Å². The summed E-state index contributed by atoms with van der Waals surface area (Å²) < 4.78 is 0. The normalized spacial score (nSPS) is 34.0. The molecule has 0 heteroatoms. The van der Waals surface area contributed by atoms with Gasteiger partial charge >= 0.3 is 0 Å². The third-order valence-electron chi connectivity index (χ3n) is 2.60. The summed E-state index contributed by atoms with van der Waals surface area (Å²) in [6.45, 7) is 9.36. The Bertz CT molecular complexity index is 80.2. The van der Waals surface area contributed by atoms with Crippen LogP contribution < -0.4 is 0 Å². The molecule has 0 amide bonds. The molecule has 0 unspecified atom stereocenters. The van der Waals surface area contributed by atoms with Gasteiger partial charge in [-0.2, -0.15) is 0 Å². The molecule has 0 aromatic carbocycles. The van der Waals surface area contributed by atoms with Gasteiger partial charge < -0.3 is 0 Å². The van der Waals surface area contributed by atoms with Crippen molar-refractivity contribution in [3.63, 3.8) is 0 Å². The van der Waals surface area contributed by atoms with Gasteiger partial charge in [-0.05, 0) is 30.1 Å². The molecule has 1 saturated carbocycles. The molecule has 0 N–H and O–H groups in total. The van der Waals surface area contributed by atoms with Crippen molar-refractivity contribution in [2.75, 3.05) is 0 Å². The van der Waals surface area contributed by atoms with Crippen molar-refractivity contribution in [3.8, 4) is 0 Å². The van der Waals surface area contributed by atoms with Crippen molar-refractivity contribution >= 4 is 0 Å². The quantitative estimate of drug-likeness (QED) is 0.533. The zero-order valence-electron chi connectivity index (χ0n) is 7.02. The van der Waals surface area contributed by atoms with E-state index in [1.807, 2.05) is 0 Å². The average molecular weight is 126 g/mol. The maximum atomic E-state index is 2.34. The Morgan fingerprint density at radius 3 is 1.33 bits per heavy atom. The molecule has 0 nitrogen and oxygen atoms in total. The lowest BCUT2D eigenvalue weighted by Gasteiger charge is -2.04. The fourth-order valence-corrected chi connectivity index (χ4v) is 1.77. The first-order valence-corrected chi connectivity index (χ1v) is 4.13. The van der Waals surface area contributed by atoms with E-state index in [9.17, 15) is 0 Å². The first-order valence-electron chi connectivity index (χ1n) is 4.13. The Labute approximate surface area is 58.7 Å². The Morgan fingerprint density at radius 1 is 0.889 bits per heavy atom. The first kappa shape index (κ1) is 7.11. The highest BCUT2D eigenvalue weighted by Crippen LogP contribution is 2.48. The monoisotopic (exact) mass is 126 g/mol. The van der Waals surface area contributed by atoms with Gasteiger partial charge in [0.25, 0.3) is 0 Å². The van der Waals surface area contributed by atoms with Crippen LogP contribution in [0, 0.1) is 23.7 Å². The Balaban J connectivity index is 2.24. The van der Waals surface area contributed by atoms with E-state index < -0.39 is 0 Å². The maximum Gasteiger partial charge on any atom is -0.0357 e. The van der Waals surface area contributed by atoms with Crippen LogP contribution in [-0.4, -0.2) is 0 Å². The van der Waals surface area contributed by atoms with Crippen molar-refractivity contribution < 1.29 is 0 Å². The minimum absolute atomic E-state index is 0.928. The first-order chi connectivity index (χ1) is 4.13. The van der Waals surface area contributed by atoms with Crippen LogP contribution in [0.3, 0.4) is 0 Å². The van der Waals surface area contributed by atoms with E-state index >= 15 is 0 Å². The lowest BCUT2D eigenvalue weighted by molar-refractivity contribution is 0.448. The average Bonchev–Trinajstić information content (AvgIpc) is 2.39. The minimum atomic E-state index is 0.928. The van der Waals surface area contributed by atoms with Gasteiger partial charge in [0.2, 0.25) is 0 Å². The summed E-state index contributed by atoms with van der Waals surface area (Å²) >= 11 is 0. The summed E-state index contributed by atoms with van der Waals surface area (Å²) in [6.07, 6.45) is 1.50. The van der Waals surface area contributed by atoms with Crippen LogP contribution in [0.4, 0.5) is 0 Å². The number of hydrogen-bond acceptors (Lipinski definition) is 0. The molecule has 0 aromatic heterocycles. The Kier molecular flexibility index (Phi) is 1.83. The van der Waals surface area contributed by atoms with Gasteiger partial charge in [0.15, 0.2) is 0 Å². The van der Waals surface area contributed by atoms with Gasteiger partial charge in [0.05, 0.1) is 0 Å². The van der Waals surface area contributed by atoms with E-state index in [2.05, 4.69) is 27.7 Å². The number of hydrogen-bond donors (Lipinski definition) is 0. The Hall–Kier alpha value is 0. The van der Waals surface area contributed by atoms with E-state index in [1.165, 1.54) is 6.42 Å². The second-order valence-electron chi connectivity index (χ2n) is 4.05. The van der Waals surface area contributed by atoms with Crippen LogP contribution in [0.5, 0.6) is 0 Å². The van der Waals surface area contributed by atoms with E-state index in [1.54, 1.807) is 0 Å². The number of rotatable bonds is 2. The second kappa shape index (κ2) is 2.32. The van der Waals surface area contributed by atoms with Crippen molar-refractivity contribution in [1.29, 1.82) is 0 Å². The summed E-state index contributed by atoms with van der Waals surface area (Å²) in [7, 11) is 0. The molecule has 1 fully saturated rings. The van der Waals surface area contributed by atoms with Crippen molar-refractivity contribution in [2.24, 2.45) is 23.7 Å². The van der Waals surface area contributed by atoms with Crippen molar-refractivity contribution in [2.45, 2.75) is 34.1 Å². The zero-order chi connectivity index (χ0) is 7.02. The van der Waals surface area contributed by atoms with Crippen molar-refractivity contribution in [1.82, 2.24) is 0 Å². The lowest BCUT2D eigenvalue weighted by Crippen LogP contribution is -1.97. The molecule has 0 bridgehead atoms. The van der Waals surface area contributed by atoms with E-state index in [4.69, 9.17) is 0 Å². The zero-order valence-corrected chi connectivity index (χ0v) is 7.02. The molecule has 1 aliphatic carbocycles. The highest BCUT2D eigenvalue weighted by molar-refractivity contribution is 4.89. The van der Waals surface area contributed by atoms with Crippen LogP contribution in [0.2, 0.25) is 0 Å². The van der Waals surface area contributed by atoms with Crippen LogP contribution >= 0.6 is 0 Å². The molecule has 0 spiro atoms. The van der Waals surface area contributed by atoms with Crippen LogP contribution in [-0.2, 0) is 0 Å². The molecular weight excluding hydrogens is 108 g/mol. The predicted octanol–water partition coefficient (Wildman–Crippen LogP) is 2.93. The molecule has 54 valence electrons. The lowest BCUT2D eigenvalue weighted by atomic mass is 10.0. The summed E-state index contributed by atoms with van der Waals surface area (Å²) in [5.41, 5.74) is 0. The molecule has 0 radical (unpaired) electrons. The van der Waals surface area contributed by atoms with E-state index in [-0.39, 0.29) is 0 Å². The van der Waals surface area contributed by atoms with Gasteiger partial charge in [-0.3, -0.25) is 0 Å². The molecular formula is C9H18. The molecule has 0 saturated heterocycles. The summed E-state index contributed by atoms with van der Waals surface area (Å²) in [5.74, 6) is 3.98. The van der Waals surface area contributed by atoms with Crippen LogP contribution in [0.25, 0.3) is 0 Å². The largest absolute Gasteiger partial charge is 0.0625 e. The topological polar surface area (TPSA) is 0 Å². The summed E-state index contributed by atoms with van der Waals surface area (Å²) in [5, 5.41) is 0. The fraction of sp³-hybridized carbons (Fsp3) is 1.00. The molecule has 2 atom stereocenters. The summed E-state index contributed by atoms with van der Waals surface area (Å²) in [6, 6.07) is 0. The molecule has 1 rings (SSSR count). The second-order valence-corrected chi connectivity index (χ2v) is 4.05. The van der Waals surface area contributed by atoms with Gasteiger partial charge in [-0.1, -0.05) is 27.7 Å². The smallest absolute Gasteiger partial charge is 0.0357 e. The van der Waals surface area contributed by atoms with Gasteiger partial charge in [-0.25, -0.2) is 0 Å². The highest BCUT2D eigenvalue weighted by atomic mass is 14.5. The molecule has 1 aliphatic rings. The SMILES string of the molecule is CC(C)[C@H]1C[C@H]1C(C)C.